The van der Waals surface area contributed by atoms with Gasteiger partial charge in [-0.1, -0.05) is 32.9 Å². The minimum Gasteiger partial charge on any atom is -0.508 e. The Labute approximate surface area is 116 Å². The van der Waals surface area contributed by atoms with E-state index in [-0.39, 0.29) is 0 Å². The summed E-state index contributed by atoms with van der Waals surface area (Å²) >= 11 is 0. The highest BCUT2D eigenvalue weighted by atomic mass is 16.3. The van der Waals surface area contributed by atoms with E-state index in [0.29, 0.717) is 11.8 Å². The van der Waals surface area contributed by atoms with Gasteiger partial charge in [-0.25, -0.2) is 0 Å². The number of phenolic OH excluding ortho intramolecular Hbond substituents is 1. The molecule has 0 saturated carbocycles. The lowest BCUT2D eigenvalue weighted by Gasteiger charge is -2.27. The number of hydrogen-bond acceptors (Lipinski definition) is 2. The Morgan fingerprint density at radius 3 is 2.63 bits per heavy atom. The highest BCUT2D eigenvalue weighted by molar-refractivity contribution is 5.75. The van der Waals surface area contributed by atoms with Gasteiger partial charge in [-0.15, -0.1) is 0 Å². The molecule has 2 atom stereocenters. The minimum absolute atomic E-state index is 0.363. The molecular weight excluding hydrogens is 234 g/mol. The monoisotopic (exact) mass is 259 g/mol. The van der Waals surface area contributed by atoms with Crippen molar-refractivity contribution >= 4 is 5.57 Å². The maximum absolute atomic E-state index is 9.48. The summed E-state index contributed by atoms with van der Waals surface area (Å²) in [5.74, 6) is 1.10. The summed E-state index contributed by atoms with van der Waals surface area (Å²) in [7, 11) is 0. The number of rotatable bonds is 2. The van der Waals surface area contributed by atoms with Crippen molar-refractivity contribution in [3.05, 3.63) is 35.4 Å². The van der Waals surface area contributed by atoms with Crippen LogP contribution in [0, 0.1) is 12.8 Å². The summed E-state index contributed by atoms with van der Waals surface area (Å²) < 4.78 is 0. The van der Waals surface area contributed by atoms with Crippen LogP contribution in [0.4, 0.5) is 0 Å². The second kappa shape index (κ2) is 5.79. The summed E-state index contributed by atoms with van der Waals surface area (Å²) in [6.07, 6.45) is 3.72. The topological polar surface area (TPSA) is 23.5 Å². The summed E-state index contributed by atoms with van der Waals surface area (Å²) in [5, 5.41) is 9.48. The molecule has 1 fully saturated rings. The van der Waals surface area contributed by atoms with Crippen molar-refractivity contribution in [1.82, 2.24) is 4.90 Å². The summed E-state index contributed by atoms with van der Waals surface area (Å²) in [6, 6.07) is 6.32. The average molecular weight is 259 g/mol. The van der Waals surface area contributed by atoms with Crippen LogP contribution in [0.2, 0.25) is 0 Å². The zero-order valence-electron chi connectivity index (χ0n) is 12.5. The molecule has 104 valence electrons. The Bertz CT molecular complexity index is 478. The maximum atomic E-state index is 9.48. The Morgan fingerprint density at radius 1 is 1.32 bits per heavy atom. The molecule has 0 aromatic heterocycles. The van der Waals surface area contributed by atoms with E-state index in [0.717, 1.165) is 12.5 Å². The zero-order valence-corrected chi connectivity index (χ0v) is 12.5. The molecule has 1 aromatic carbocycles. The first-order chi connectivity index (χ1) is 9.19. The highest BCUT2D eigenvalue weighted by Gasteiger charge is 2.38. The van der Waals surface area contributed by atoms with Gasteiger partial charge in [-0.2, -0.15) is 0 Å². The van der Waals surface area contributed by atoms with Gasteiger partial charge in [0.15, 0.2) is 0 Å². The van der Waals surface area contributed by atoms with Crippen LogP contribution in [-0.2, 0) is 0 Å². The molecule has 1 N–H and O–H groups in total. The van der Waals surface area contributed by atoms with Crippen LogP contribution in [0.5, 0.6) is 5.75 Å². The molecule has 2 aliphatic rings. The summed E-state index contributed by atoms with van der Waals surface area (Å²) in [4.78, 5) is 2.56. The molecule has 1 aliphatic carbocycles. The molecule has 0 spiro atoms. The molecule has 1 heterocycles. The first kappa shape index (κ1) is 14.1. The Balaban J connectivity index is 0.000000637. The van der Waals surface area contributed by atoms with Gasteiger partial charge in [-0.05, 0) is 54.6 Å². The summed E-state index contributed by atoms with van der Waals surface area (Å²) in [6.45, 7) is 10.7. The first-order valence-electron chi connectivity index (χ1n) is 7.44. The van der Waals surface area contributed by atoms with Gasteiger partial charge in [0.2, 0.25) is 0 Å². The van der Waals surface area contributed by atoms with Gasteiger partial charge < -0.3 is 5.11 Å². The van der Waals surface area contributed by atoms with Crippen LogP contribution in [-0.4, -0.2) is 29.1 Å². The molecule has 3 rings (SSSR count). The summed E-state index contributed by atoms with van der Waals surface area (Å²) in [5.41, 5.74) is 3.97. The molecule has 1 aromatic rings. The molecule has 1 aliphatic heterocycles. The van der Waals surface area contributed by atoms with E-state index in [1.165, 1.54) is 29.7 Å². The van der Waals surface area contributed by atoms with Crippen LogP contribution in [0.1, 0.15) is 38.3 Å². The predicted molar refractivity (Wildman–Crippen MR) is 81.3 cm³/mol. The SMILES string of the molecule is CC.CCN1CC2C=C(c3ccc(O)cc3C)C1C2. The standard InChI is InChI=1S/C15H19NO.C2H6/c1-3-16-9-11-7-14(15(16)8-11)13-5-4-12(17)6-10(13)2;1-2/h4-7,11,15,17H,3,8-9H2,1-2H3;1-2H3. The number of fused-ring (bicyclic) bond motifs is 2. The number of likely N-dealkylation sites (tertiary alicyclic amines) is 1. The van der Waals surface area contributed by atoms with E-state index in [1.807, 2.05) is 19.9 Å². The normalized spacial score (nSPS) is 24.9. The fourth-order valence-corrected chi connectivity index (χ4v) is 3.34. The molecule has 2 nitrogen and oxygen atoms in total. The number of aromatic hydroxyl groups is 1. The third kappa shape index (κ3) is 2.55. The lowest BCUT2D eigenvalue weighted by atomic mass is 9.96. The van der Waals surface area contributed by atoms with E-state index >= 15 is 0 Å². The van der Waals surface area contributed by atoms with E-state index in [2.05, 4.69) is 30.9 Å². The maximum Gasteiger partial charge on any atom is 0.115 e. The van der Waals surface area contributed by atoms with E-state index in [9.17, 15) is 5.11 Å². The van der Waals surface area contributed by atoms with Gasteiger partial charge >= 0.3 is 0 Å². The Hall–Kier alpha value is -1.28. The molecule has 0 amide bonds. The Morgan fingerprint density at radius 2 is 2.05 bits per heavy atom. The van der Waals surface area contributed by atoms with Gasteiger partial charge in [0.1, 0.15) is 5.75 Å². The lowest BCUT2D eigenvalue weighted by molar-refractivity contribution is 0.302. The van der Waals surface area contributed by atoms with Crippen molar-refractivity contribution in [3.8, 4) is 5.75 Å². The van der Waals surface area contributed by atoms with Crippen molar-refractivity contribution < 1.29 is 5.11 Å². The smallest absolute Gasteiger partial charge is 0.115 e. The number of benzene rings is 1. The molecule has 19 heavy (non-hydrogen) atoms. The minimum atomic E-state index is 0.363. The molecule has 2 bridgehead atoms. The van der Waals surface area contributed by atoms with Crippen LogP contribution in [0.3, 0.4) is 0 Å². The number of aryl methyl sites for hydroxylation is 1. The largest absolute Gasteiger partial charge is 0.508 e. The van der Waals surface area contributed by atoms with Gasteiger partial charge in [0, 0.05) is 12.6 Å². The fraction of sp³-hybridized carbons (Fsp3) is 0.529. The van der Waals surface area contributed by atoms with Gasteiger partial charge in [0.25, 0.3) is 0 Å². The highest BCUT2D eigenvalue weighted by Crippen LogP contribution is 2.42. The van der Waals surface area contributed by atoms with Crippen molar-refractivity contribution in [2.45, 2.75) is 40.2 Å². The van der Waals surface area contributed by atoms with Crippen LogP contribution in [0.15, 0.2) is 24.3 Å². The van der Waals surface area contributed by atoms with Crippen molar-refractivity contribution in [1.29, 1.82) is 0 Å². The quantitative estimate of drug-likeness (QED) is 0.872. The first-order valence-corrected chi connectivity index (χ1v) is 7.44. The lowest BCUT2D eigenvalue weighted by Crippen LogP contribution is -2.32. The number of likely N-dealkylation sites (N-methyl/N-ethyl adjacent to an activating group) is 1. The second-order valence-corrected chi connectivity index (χ2v) is 5.22. The van der Waals surface area contributed by atoms with Gasteiger partial charge in [-0.3, -0.25) is 4.90 Å². The Kier molecular flexibility index (Phi) is 4.31. The van der Waals surface area contributed by atoms with Crippen LogP contribution in [0.25, 0.3) is 5.57 Å². The number of phenols is 1. The number of hydrogen-bond donors (Lipinski definition) is 1. The third-order valence-corrected chi connectivity index (χ3v) is 4.14. The van der Waals surface area contributed by atoms with E-state index in [4.69, 9.17) is 0 Å². The zero-order chi connectivity index (χ0) is 14.0. The second-order valence-electron chi connectivity index (χ2n) is 5.22. The molecule has 0 radical (unpaired) electrons. The average Bonchev–Trinajstić information content (AvgIpc) is 3.00. The van der Waals surface area contributed by atoms with Crippen molar-refractivity contribution in [2.24, 2.45) is 5.92 Å². The van der Waals surface area contributed by atoms with Crippen molar-refractivity contribution in [3.63, 3.8) is 0 Å². The van der Waals surface area contributed by atoms with E-state index in [1.54, 1.807) is 6.07 Å². The van der Waals surface area contributed by atoms with Crippen LogP contribution >= 0.6 is 0 Å². The predicted octanol–water partition coefficient (Wildman–Crippen LogP) is 3.83. The fourth-order valence-electron chi connectivity index (χ4n) is 3.34. The van der Waals surface area contributed by atoms with Crippen molar-refractivity contribution in [2.75, 3.05) is 13.1 Å². The van der Waals surface area contributed by atoms with Crippen LogP contribution < -0.4 is 0 Å². The molecule has 2 unspecified atom stereocenters. The number of nitrogens with zero attached hydrogens (tertiary/aromatic N) is 1. The molecule has 1 saturated heterocycles. The third-order valence-electron chi connectivity index (χ3n) is 4.14. The molecule has 2 heteroatoms. The van der Waals surface area contributed by atoms with E-state index < -0.39 is 0 Å². The van der Waals surface area contributed by atoms with Gasteiger partial charge in [0.05, 0.1) is 0 Å². The molecular formula is C17H25NO.